The number of carbonyl (C=O) groups excluding carboxylic acids is 1. The number of sulfonamides is 1. The second-order valence-electron chi connectivity index (χ2n) is 7.41. The van der Waals surface area contributed by atoms with Gasteiger partial charge in [-0.05, 0) is 40.9 Å². The van der Waals surface area contributed by atoms with Gasteiger partial charge in [-0.1, -0.05) is 6.07 Å². The van der Waals surface area contributed by atoms with Crippen LogP contribution in [0.5, 0.6) is 0 Å². The van der Waals surface area contributed by atoms with Crippen LogP contribution < -0.4 is 15.5 Å². The van der Waals surface area contributed by atoms with Crippen molar-refractivity contribution in [3.05, 3.63) is 60.7 Å². The minimum atomic E-state index is -5.38. The summed E-state index contributed by atoms with van der Waals surface area (Å²) in [6.45, 7) is 0. The fraction of sp³-hybridized carbons (Fsp3) is 0.190. The van der Waals surface area contributed by atoms with Gasteiger partial charge in [-0.25, -0.2) is 27.6 Å². The van der Waals surface area contributed by atoms with Crippen LogP contribution in [0.2, 0.25) is 0 Å². The number of nitrogens with one attached hydrogen (secondary N) is 2. The number of hydrogen-bond donors (Lipinski definition) is 2. The highest BCUT2D eigenvalue weighted by molar-refractivity contribution is 7.89. The summed E-state index contributed by atoms with van der Waals surface area (Å²) in [6.07, 6.45) is -4.17. The van der Waals surface area contributed by atoms with E-state index < -0.39 is 32.9 Å². The molecule has 3 rings (SSSR count). The van der Waals surface area contributed by atoms with Crippen molar-refractivity contribution in [2.45, 2.75) is 11.1 Å². The third-order valence-corrected chi connectivity index (χ3v) is 6.16. The first-order valence-electron chi connectivity index (χ1n) is 9.98. The van der Waals surface area contributed by atoms with Crippen molar-refractivity contribution in [3.8, 4) is 0 Å². The fourth-order valence-electron chi connectivity index (χ4n) is 2.88. The van der Waals surface area contributed by atoms with Crippen molar-refractivity contribution in [1.29, 1.82) is 0 Å². The first-order valence-corrected chi connectivity index (χ1v) is 11.4. The maximum absolute atomic E-state index is 13.5. The highest BCUT2D eigenvalue weighted by atomic mass is 32.2. The van der Waals surface area contributed by atoms with Crippen LogP contribution in [-0.4, -0.2) is 56.1 Å². The molecule has 0 amide bonds. The van der Waals surface area contributed by atoms with E-state index in [1.807, 2.05) is 0 Å². The molecule has 192 valence electrons. The van der Waals surface area contributed by atoms with Crippen LogP contribution in [0.1, 0.15) is 0 Å². The van der Waals surface area contributed by atoms with Crippen LogP contribution in [0.4, 0.5) is 46.3 Å². The van der Waals surface area contributed by atoms with E-state index >= 15 is 0 Å². The molecule has 2 N–H and O–H groups in total. The normalized spacial score (nSPS) is 11.8. The molecular weight excluding hydrogens is 508 g/mol. The molecule has 0 spiro atoms. The molecule has 0 fully saturated rings. The van der Waals surface area contributed by atoms with Crippen molar-refractivity contribution >= 4 is 44.7 Å². The van der Waals surface area contributed by atoms with Crippen LogP contribution in [0.15, 0.2) is 59.8 Å². The standard InChI is InChI=1S/C21H20F4N6O4S/c1-30(2)17-8-7-15(36(33,34)31(3)35-20(32)21(23,24)25)10-16(17)29-19-11-18(26-12-27-19)28-14-6-4-5-13(22)9-14/h4-12H,1-3H3,(H2,26,27,28,29). The Bertz CT molecular complexity index is 1370. The van der Waals surface area contributed by atoms with Crippen molar-refractivity contribution in [1.82, 2.24) is 14.4 Å². The second kappa shape index (κ2) is 10.3. The maximum Gasteiger partial charge on any atom is 0.492 e. The van der Waals surface area contributed by atoms with Crippen molar-refractivity contribution in [3.63, 3.8) is 0 Å². The van der Waals surface area contributed by atoms with Gasteiger partial charge in [-0.15, -0.1) is 0 Å². The molecule has 0 saturated heterocycles. The smallest absolute Gasteiger partial charge is 0.376 e. The number of anilines is 5. The molecule has 1 heterocycles. The van der Waals surface area contributed by atoms with E-state index in [-0.39, 0.29) is 16.0 Å². The van der Waals surface area contributed by atoms with Gasteiger partial charge >= 0.3 is 12.1 Å². The van der Waals surface area contributed by atoms with Gasteiger partial charge in [0.1, 0.15) is 23.8 Å². The number of hydrogen-bond acceptors (Lipinski definition) is 9. The Morgan fingerprint density at radius 1 is 0.972 bits per heavy atom. The Balaban J connectivity index is 1.90. The van der Waals surface area contributed by atoms with Gasteiger partial charge in [0.05, 0.1) is 16.3 Å². The molecule has 0 aliphatic heterocycles. The fourth-order valence-corrected chi connectivity index (χ4v) is 3.85. The second-order valence-corrected chi connectivity index (χ2v) is 9.35. The third kappa shape index (κ3) is 6.37. The molecule has 0 aliphatic rings. The lowest BCUT2D eigenvalue weighted by atomic mass is 10.2. The van der Waals surface area contributed by atoms with E-state index in [0.29, 0.717) is 24.2 Å². The highest BCUT2D eigenvalue weighted by Crippen LogP contribution is 2.32. The lowest BCUT2D eigenvalue weighted by Gasteiger charge is -2.21. The summed E-state index contributed by atoms with van der Waals surface area (Å²) in [5.74, 6) is -2.62. The molecule has 0 radical (unpaired) electrons. The molecule has 1 aromatic heterocycles. The van der Waals surface area contributed by atoms with E-state index in [1.54, 1.807) is 25.1 Å². The summed E-state index contributed by atoms with van der Waals surface area (Å²) in [5.41, 5.74) is 1.15. The molecule has 0 saturated carbocycles. The number of benzene rings is 2. The van der Waals surface area contributed by atoms with Crippen molar-refractivity contribution in [2.75, 3.05) is 36.7 Å². The summed E-state index contributed by atoms with van der Waals surface area (Å²) in [5, 5.41) is 5.84. The molecule has 0 atom stereocenters. The monoisotopic (exact) mass is 528 g/mol. The lowest BCUT2D eigenvalue weighted by molar-refractivity contribution is -0.219. The van der Waals surface area contributed by atoms with Crippen LogP contribution in [0.25, 0.3) is 0 Å². The minimum absolute atomic E-state index is 0.164. The average Bonchev–Trinajstić information content (AvgIpc) is 2.78. The predicted octanol–water partition coefficient (Wildman–Crippen LogP) is 3.81. The number of nitrogens with zero attached hydrogens (tertiary/aromatic N) is 4. The number of hydroxylamine groups is 1. The molecule has 0 aliphatic carbocycles. The zero-order chi connectivity index (χ0) is 26.7. The third-order valence-electron chi connectivity index (χ3n) is 4.56. The first-order chi connectivity index (χ1) is 16.8. The molecule has 2 aromatic carbocycles. The zero-order valence-corrected chi connectivity index (χ0v) is 19.9. The molecule has 15 heteroatoms. The molecule has 0 unspecified atom stereocenters. The Hall–Kier alpha value is -3.98. The SMILES string of the molecule is CN(C)c1ccc(S(=O)(=O)N(C)OC(=O)C(F)(F)F)cc1Nc1cc(Nc2cccc(F)c2)ncn1. The summed E-state index contributed by atoms with van der Waals surface area (Å²) >= 11 is 0. The minimum Gasteiger partial charge on any atom is -0.376 e. The van der Waals surface area contributed by atoms with E-state index in [1.165, 1.54) is 36.7 Å². The first kappa shape index (κ1) is 26.6. The summed E-state index contributed by atoms with van der Waals surface area (Å²) in [7, 11) is -0.619. The van der Waals surface area contributed by atoms with Gasteiger partial charge in [0, 0.05) is 32.9 Å². The Labute approximate surface area is 203 Å². The van der Waals surface area contributed by atoms with Crippen molar-refractivity contribution < 1.29 is 35.6 Å². The summed E-state index contributed by atoms with van der Waals surface area (Å²) in [4.78, 5) is 24.3. The van der Waals surface area contributed by atoms with Gasteiger partial charge in [-0.2, -0.15) is 13.2 Å². The van der Waals surface area contributed by atoms with E-state index in [4.69, 9.17) is 0 Å². The Morgan fingerprint density at radius 2 is 1.64 bits per heavy atom. The number of aromatic nitrogens is 2. The zero-order valence-electron chi connectivity index (χ0n) is 19.0. The molecular formula is C21H20F4N6O4S. The van der Waals surface area contributed by atoms with Crippen LogP contribution in [0, 0.1) is 5.82 Å². The number of alkyl halides is 3. The quantitative estimate of drug-likeness (QED) is 0.333. The van der Waals surface area contributed by atoms with E-state index in [0.717, 1.165) is 12.1 Å². The number of halogens is 4. The molecule has 0 bridgehead atoms. The highest BCUT2D eigenvalue weighted by Gasteiger charge is 2.43. The van der Waals surface area contributed by atoms with Crippen molar-refractivity contribution in [2.24, 2.45) is 0 Å². The lowest BCUT2D eigenvalue weighted by Crippen LogP contribution is -2.36. The summed E-state index contributed by atoms with van der Waals surface area (Å²) in [6, 6.07) is 10.8. The molecule has 3 aromatic rings. The van der Waals surface area contributed by atoms with Crippen LogP contribution >= 0.6 is 0 Å². The molecule has 10 nitrogen and oxygen atoms in total. The van der Waals surface area contributed by atoms with Gasteiger partial charge < -0.3 is 20.4 Å². The molecule has 36 heavy (non-hydrogen) atoms. The van der Waals surface area contributed by atoms with Gasteiger partial charge in [0.25, 0.3) is 10.0 Å². The predicted molar refractivity (Wildman–Crippen MR) is 123 cm³/mol. The van der Waals surface area contributed by atoms with Gasteiger partial charge in [-0.3, -0.25) is 0 Å². The average molecular weight is 528 g/mol. The Morgan fingerprint density at radius 3 is 2.25 bits per heavy atom. The van der Waals surface area contributed by atoms with Crippen LogP contribution in [0.3, 0.4) is 0 Å². The van der Waals surface area contributed by atoms with E-state index in [2.05, 4.69) is 25.4 Å². The topological polar surface area (TPSA) is 117 Å². The number of rotatable bonds is 8. The maximum atomic E-state index is 13.5. The van der Waals surface area contributed by atoms with Gasteiger partial charge in [0.15, 0.2) is 0 Å². The van der Waals surface area contributed by atoms with Gasteiger partial charge in [0.2, 0.25) is 0 Å². The van der Waals surface area contributed by atoms with E-state index in [9.17, 15) is 30.8 Å². The van der Waals surface area contributed by atoms with Crippen LogP contribution in [-0.2, 0) is 19.7 Å². The largest absolute Gasteiger partial charge is 0.492 e. The summed E-state index contributed by atoms with van der Waals surface area (Å²) < 4.78 is 76.2. The Kier molecular flexibility index (Phi) is 7.64. The number of carbonyl (C=O) groups is 1.